The number of aliphatic hydroxyl groups excluding tert-OH is 1. The number of benzene rings is 2. The van der Waals surface area contributed by atoms with Gasteiger partial charge in [-0.3, -0.25) is 0 Å². The summed E-state index contributed by atoms with van der Waals surface area (Å²) in [5, 5.41) is 18.6. The number of carboxylic acid groups (broad SMARTS) is 1. The number of alkyl halides is 3. The molecule has 1 aliphatic rings. The second-order valence-electron chi connectivity index (χ2n) is 6.34. The molecule has 3 rings (SSSR count). The van der Waals surface area contributed by atoms with Crippen LogP contribution in [0.25, 0.3) is 0 Å². The summed E-state index contributed by atoms with van der Waals surface area (Å²) in [4.78, 5) is 12.9. The van der Waals surface area contributed by atoms with Gasteiger partial charge in [0.2, 0.25) is 0 Å². The normalized spacial score (nSPS) is 19.9. The minimum absolute atomic E-state index is 0.118. The quantitative estimate of drug-likeness (QED) is 0.831. The Kier molecular flexibility index (Phi) is 5.27. The van der Waals surface area contributed by atoms with Crippen molar-refractivity contribution in [2.24, 2.45) is 0 Å². The van der Waals surface area contributed by atoms with E-state index in [0.717, 1.165) is 17.8 Å². The molecule has 5 nitrogen and oxygen atoms in total. The molecule has 2 aromatic carbocycles. The Morgan fingerprint density at radius 1 is 1.11 bits per heavy atom. The van der Waals surface area contributed by atoms with Crippen LogP contribution in [0, 0.1) is 0 Å². The molecule has 2 aromatic rings. The van der Waals surface area contributed by atoms with Crippen molar-refractivity contribution in [1.82, 2.24) is 0 Å². The first-order chi connectivity index (χ1) is 12.8. The van der Waals surface area contributed by atoms with Gasteiger partial charge in [-0.25, -0.2) is 4.79 Å². The van der Waals surface area contributed by atoms with Gasteiger partial charge in [-0.05, 0) is 48.5 Å². The standard InChI is InChI=1S/C19H18F3NO4/c20-19(21,22)13-3-7-16(8-4-13)27-17-9-15(11-24)23(10-17)14-5-1-12(2-6-14)18(25)26/h1-8,15,17,24H,9-11H2,(H,25,26)/t15-,17+/m0/s1. The first-order valence-electron chi connectivity index (χ1n) is 8.32. The lowest BCUT2D eigenvalue weighted by Gasteiger charge is -2.25. The van der Waals surface area contributed by atoms with Crippen LogP contribution in [0.1, 0.15) is 22.3 Å². The van der Waals surface area contributed by atoms with Crippen molar-refractivity contribution in [2.45, 2.75) is 24.7 Å². The van der Waals surface area contributed by atoms with Gasteiger partial charge in [0.1, 0.15) is 11.9 Å². The molecular formula is C19H18F3NO4. The first kappa shape index (κ1) is 19.0. The Labute approximate surface area is 153 Å². The maximum absolute atomic E-state index is 12.6. The van der Waals surface area contributed by atoms with E-state index >= 15 is 0 Å². The summed E-state index contributed by atoms with van der Waals surface area (Å²) < 4.78 is 43.7. The highest BCUT2D eigenvalue weighted by Crippen LogP contribution is 2.32. The number of hydrogen-bond acceptors (Lipinski definition) is 4. The van der Waals surface area contributed by atoms with Crippen LogP contribution in [0.2, 0.25) is 0 Å². The van der Waals surface area contributed by atoms with Crippen molar-refractivity contribution in [3.05, 3.63) is 59.7 Å². The molecule has 1 aliphatic heterocycles. The number of nitrogens with zero attached hydrogens (tertiary/aromatic N) is 1. The van der Waals surface area contributed by atoms with E-state index in [1.807, 2.05) is 4.90 Å². The third-order valence-corrected chi connectivity index (χ3v) is 4.52. The zero-order valence-electron chi connectivity index (χ0n) is 14.2. The van der Waals surface area contributed by atoms with Crippen LogP contribution in [-0.4, -0.2) is 41.5 Å². The molecule has 0 spiro atoms. The van der Waals surface area contributed by atoms with Crippen LogP contribution < -0.4 is 9.64 Å². The van der Waals surface area contributed by atoms with Gasteiger partial charge in [-0.2, -0.15) is 13.2 Å². The van der Waals surface area contributed by atoms with Crippen molar-refractivity contribution in [3.63, 3.8) is 0 Å². The number of aliphatic hydroxyl groups is 1. The molecule has 0 saturated carbocycles. The van der Waals surface area contributed by atoms with Gasteiger partial charge in [0.15, 0.2) is 0 Å². The lowest BCUT2D eigenvalue weighted by molar-refractivity contribution is -0.137. The van der Waals surface area contributed by atoms with Crippen LogP contribution in [-0.2, 0) is 6.18 Å². The second kappa shape index (κ2) is 7.48. The molecule has 0 aliphatic carbocycles. The number of halogens is 3. The van der Waals surface area contributed by atoms with E-state index in [1.165, 1.54) is 24.3 Å². The van der Waals surface area contributed by atoms with E-state index in [1.54, 1.807) is 12.1 Å². The van der Waals surface area contributed by atoms with Gasteiger partial charge in [-0.15, -0.1) is 0 Å². The van der Waals surface area contributed by atoms with Crippen LogP contribution in [0.4, 0.5) is 18.9 Å². The highest BCUT2D eigenvalue weighted by Gasteiger charge is 2.34. The molecule has 1 fully saturated rings. The SMILES string of the molecule is O=C(O)c1ccc(N2C[C@H](Oc3ccc(C(F)(F)F)cc3)C[C@H]2CO)cc1. The molecule has 1 heterocycles. The van der Waals surface area contributed by atoms with Crippen molar-refractivity contribution >= 4 is 11.7 Å². The largest absolute Gasteiger partial charge is 0.489 e. The van der Waals surface area contributed by atoms with Gasteiger partial charge in [0.05, 0.1) is 30.3 Å². The fourth-order valence-electron chi connectivity index (χ4n) is 3.16. The lowest BCUT2D eigenvalue weighted by Crippen LogP contribution is -2.32. The number of hydrogen-bond donors (Lipinski definition) is 2. The summed E-state index contributed by atoms with van der Waals surface area (Å²) in [5.41, 5.74) is 0.170. The average Bonchev–Trinajstić information content (AvgIpc) is 3.04. The van der Waals surface area contributed by atoms with E-state index in [9.17, 15) is 23.1 Å². The Bertz CT molecular complexity index is 790. The zero-order chi connectivity index (χ0) is 19.6. The number of carboxylic acids is 1. The van der Waals surface area contributed by atoms with Crippen molar-refractivity contribution in [2.75, 3.05) is 18.1 Å². The average molecular weight is 381 g/mol. The lowest BCUT2D eigenvalue weighted by atomic mass is 10.1. The van der Waals surface area contributed by atoms with Crippen molar-refractivity contribution in [3.8, 4) is 5.75 Å². The predicted molar refractivity (Wildman–Crippen MR) is 92.1 cm³/mol. The molecule has 0 amide bonds. The number of ether oxygens (including phenoxy) is 1. The van der Waals surface area contributed by atoms with Crippen molar-refractivity contribution < 1.29 is 32.9 Å². The van der Waals surface area contributed by atoms with Gasteiger partial charge in [-0.1, -0.05) is 0 Å². The Balaban J connectivity index is 1.69. The van der Waals surface area contributed by atoms with Crippen LogP contribution in [0.3, 0.4) is 0 Å². The minimum atomic E-state index is -4.40. The molecule has 27 heavy (non-hydrogen) atoms. The summed E-state index contributed by atoms with van der Waals surface area (Å²) >= 11 is 0. The molecule has 0 aromatic heterocycles. The fourth-order valence-corrected chi connectivity index (χ4v) is 3.16. The van der Waals surface area contributed by atoms with Gasteiger partial charge in [0.25, 0.3) is 0 Å². The third kappa shape index (κ3) is 4.33. The second-order valence-corrected chi connectivity index (χ2v) is 6.34. The molecule has 2 N–H and O–H groups in total. The molecule has 1 saturated heterocycles. The Morgan fingerprint density at radius 2 is 1.74 bits per heavy atom. The zero-order valence-corrected chi connectivity index (χ0v) is 14.2. The fraction of sp³-hybridized carbons (Fsp3) is 0.316. The molecule has 144 valence electrons. The van der Waals surface area contributed by atoms with E-state index < -0.39 is 17.7 Å². The summed E-state index contributed by atoms with van der Waals surface area (Å²) in [5.74, 6) is -0.696. The number of anilines is 1. The Hall–Kier alpha value is -2.74. The molecule has 2 atom stereocenters. The molecule has 0 radical (unpaired) electrons. The van der Waals surface area contributed by atoms with Crippen LogP contribution in [0.15, 0.2) is 48.5 Å². The van der Waals surface area contributed by atoms with Gasteiger partial charge >= 0.3 is 12.1 Å². The molecule has 0 bridgehead atoms. The van der Waals surface area contributed by atoms with Gasteiger partial charge < -0.3 is 19.8 Å². The third-order valence-electron chi connectivity index (χ3n) is 4.52. The highest BCUT2D eigenvalue weighted by molar-refractivity contribution is 5.88. The van der Waals surface area contributed by atoms with Crippen molar-refractivity contribution in [1.29, 1.82) is 0 Å². The van der Waals surface area contributed by atoms with Gasteiger partial charge in [0, 0.05) is 12.1 Å². The van der Waals surface area contributed by atoms with E-state index in [-0.39, 0.29) is 24.3 Å². The minimum Gasteiger partial charge on any atom is -0.489 e. The highest BCUT2D eigenvalue weighted by atomic mass is 19.4. The van der Waals surface area contributed by atoms with Crippen LogP contribution in [0.5, 0.6) is 5.75 Å². The predicted octanol–water partition coefficient (Wildman–Crippen LogP) is 3.42. The van der Waals surface area contributed by atoms with Crippen LogP contribution >= 0.6 is 0 Å². The number of aromatic carboxylic acids is 1. The maximum atomic E-state index is 12.6. The summed E-state index contributed by atoms with van der Waals surface area (Å²) in [6.45, 7) is 0.312. The Morgan fingerprint density at radius 3 is 2.26 bits per heavy atom. The monoisotopic (exact) mass is 381 g/mol. The summed E-state index contributed by atoms with van der Waals surface area (Å²) in [6, 6.07) is 10.6. The van der Waals surface area contributed by atoms with E-state index in [0.29, 0.717) is 18.7 Å². The molecule has 8 heteroatoms. The van der Waals surface area contributed by atoms with E-state index in [4.69, 9.17) is 9.84 Å². The topological polar surface area (TPSA) is 70.0 Å². The maximum Gasteiger partial charge on any atom is 0.416 e. The molecule has 0 unspecified atom stereocenters. The first-order valence-corrected chi connectivity index (χ1v) is 8.32. The number of carbonyl (C=O) groups is 1. The molecular weight excluding hydrogens is 363 g/mol. The number of rotatable bonds is 5. The smallest absolute Gasteiger partial charge is 0.416 e. The summed E-state index contributed by atoms with van der Waals surface area (Å²) in [7, 11) is 0. The van der Waals surface area contributed by atoms with E-state index in [2.05, 4.69) is 0 Å². The summed E-state index contributed by atoms with van der Waals surface area (Å²) in [6.07, 6.45) is -4.21.